The second kappa shape index (κ2) is 13.6. The molecule has 0 unspecified atom stereocenters. The van der Waals surface area contributed by atoms with Gasteiger partial charge in [0, 0.05) is 55.8 Å². The molecule has 0 spiro atoms. The zero-order valence-electron chi connectivity index (χ0n) is 20.0. The van der Waals surface area contributed by atoms with Crippen molar-refractivity contribution in [3.8, 4) is 0 Å². The molecule has 0 saturated carbocycles. The first-order valence-corrected chi connectivity index (χ1v) is 12.8. The number of thioether (sulfide) groups is 1. The molecule has 180 valence electrons. The standard InChI is InChI=1S/C26H33N5O2S/c1-3-4-5-6-7-24(32)29-12-13-31-17-23(14-22-15-27-19-28-16-22)25(33)30-26(31)34-18-21-10-8-20(2)9-11-21/h8-11,15-17,19H,3-7,12-14,18H2,1-2H3,(H,29,32). The van der Waals surface area contributed by atoms with Crippen LogP contribution in [0.15, 0.2) is 59.1 Å². The van der Waals surface area contributed by atoms with Crippen molar-refractivity contribution in [2.75, 3.05) is 6.54 Å². The molecule has 2 aromatic heterocycles. The molecule has 1 aromatic carbocycles. The number of carbonyl (C=O) groups excluding carboxylic acids is 1. The third-order valence-corrected chi connectivity index (χ3v) is 6.52. The quantitative estimate of drug-likeness (QED) is 0.223. The summed E-state index contributed by atoms with van der Waals surface area (Å²) in [5.74, 6) is 0.781. The van der Waals surface area contributed by atoms with Gasteiger partial charge in [-0.3, -0.25) is 9.59 Å². The number of nitrogens with one attached hydrogen (secondary N) is 1. The normalized spacial score (nSPS) is 10.9. The Labute approximate surface area is 205 Å². The highest BCUT2D eigenvalue weighted by molar-refractivity contribution is 7.98. The molecule has 7 nitrogen and oxygen atoms in total. The Kier molecular flexibility index (Phi) is 10.3. The Morgan fingerprint density at radius 3 is 2.56 bits per heavy atom. The second-order valence-corrected chi connectivity index (χ2v) is 9.35. The minimum atomic E-state index is -0.244. The molecule has 0 aliphatic carbocycles. The van der Waals surface area contributed by atoms with E-state index in [0.717, 1.165) is 31.2 Å². The van der Waals surface area contributed by atoms with Gasteiger partial charge in [-0.1, -0.05) is 67.8 Å². The third kappa shape index (κ3) is 8.41. The monoisotopic (exact) mass is 479 g/mol. The molecule has 0 aliphatic heterocycles. The maximum Gasteiger partial charge on any atom is 0.277 e. The van der Waals surface area contributed by atoms with E-state index in [1.165, 1.54) is 29.2 Å². The van der Waals surface area contributed by atoms with Crippen LogP contribution in [0.25, 0.3) is 0 Å². The van der Waals surface area contributed by atoms with Crippen LogP contribution in [0.5, 0.6) is 0 Å². The predicted molar refractivity (Wildman–Crippen MR) is 136 cm³/mol. The second-order valence-electron chi connectivity index (χ2n) is 8.41. The van der Waals surface area contributed by atoms with Crippen molar-refractivity contribution in [3.63, 3.8) is 0 Å². The van der Waals surface area contributed by atoms with Crippen molar-refractivity contribution in [3.05, 3.63) is 81.8 Å². The Morgan fingerprint density at radius 1 is 1.06 bits per heavy atom. The molecular weight excluding hydrogens is 446 g/mol. The van der Waals surface area contributed by atoms with E-state index in [0.29, 0.717) is 42.4 Å². The van der Waals surface area contributed by atoms with E-state index >= 15 is 0 Å². The fourth-order valence-corrected chi connectivity index (χ4v) is 4.45. The van der Waals surface area contributed by atoms with Crippen LogP contribution in [-0.4, -0.2) is 32.0 Å². The van der Waals surface area contributed by atoms with Crippen LogP contribution in [0, 0.1) is 6.92 Å². The Hall–Kier alpha value is -3.00. The van der Waals surface area contributed by atoms with Crippen LogP contribution >= 0.6 is 11.8 Å². The summed E-state index contributed by atoms with van der Waals surface area (Å²) in [5, 5.41) is 3.65. The first kappa shape index (κ1) is 25.6. The summed E-state index contributed by atoms with van der Waals surface area (Å²) < 4.78 is 1.97. The molecule has 3 aromatic rings. The molecule has 1 N–H and O–H groups in total. The first-order chi connectivity index (χ1) is 16.5. The van der Waals surface area contributed by atoms with Gasteiger partial charge in [0.15, 0.2) is 5.16 Å². The molecular formula is C26H33N5O2S. The van der Waals surface area contributed by atoms with Crippen LogP contribution in [0.1, 0.15) is 61.3 Å². The van der Waals surface area contributed by atoms with Crippen LogP contribution < -0.4 is 10.9 Å². The van der Waals surface area contributed by atoms with Gasteiger partial charge in [0.05, 0.1) is 0 Å². The summed E-state index contributed by atoms with van der Waals surface area (Å²) in [6.45, 7) is 5.25. The molecule has 2 heterocycles. The van der Waals surface area contributed by atoms with Gasteiger partial charge in [-0.05, 0) is 24.5 Å². The molecule has 0 fully saturated rings. The summed E-state index contributed by atoms with van der Waals surface area (Å²) in [5.41, 5.74) is 3.57. The molecule has 1 amide bonds. The topological polar surface area (TPSA) is 89.8 Å². The van der Waals surface area contributed by atoms with Gasteiger partial charge in [0.2, 0.25) is 5.91 Å². The highest BCUT2D eigenvalue weighted by atomic mass is 32.2. The lowest BCUT2D eigenvalue weighted by Gasteiger charge is -2.14. The van der Waals surface area contributed by atoms with Crippen molar-refractivity contribution >= 4 is 17.7 Å². The van der Waals surface area contributed by atoms with Gasteiger partial charge in [0.1, 0.15) is 6.33 Å². The first-order valence-electron chi connectivity index (χ1n) is 11.8. The number of aryl methyl sites for hydroxylation is 1. The average molecular weight is 480 g/mol. The van der Waals surface area contributed by atoms with E-state index in [2.05, 4.69) is 58.4 Å². The van der Waals surface area contributed by atoms with Gasteiger partial charge in [-0.15, -0.1) is 0 Å². The predicted octanol–water partition coefficient (Wildman–Crippen LogP) is 4.31. The smallest absolute Gasteiger partial charge is 0.277 e. The lowest BCUT2D eigenvalue weighted by atomic mass is 10.1. The number of unbranched alkanes of at least 4 members (excludes halogenated alkanes) is 3. The number of rotatable bonds is 13. The fraction of sp³-hybridized carbons (Fsp3) is 0.423. The van der Waals surface area contributed by atoms with E-state index in [1.807, 2.05) is 10.8 Å². The van der Waals surface area contributed by atoms with Gasteiger partial charge in [-0.25, -0.2) is 9.97 Å². The number of hydrogen-bond acceptors (Lipinski definition) is 6. The van der Waals surface area contributed by atoms with E-state index in [-0.39, 0.29) is 11.5 Å². The summed E-state index contributed by atoms with van der Waals surface area (Å²) in [6.07, 6.45) is 12.0. The summed E-state index contributed by atoms with van der Waals surface area (Å²) in [7, 11) is 0. The van der Waals surface area contributed by atoms with E-state index < -0.39 is 0 Å². The largest absolute Gasteiger partial charge is 0.354 e. The number of nitrogens with zero attached hydrogens (tertiary/aromatic N) is 4. The van der Waals surface area contributed by atoms with Crippen molar-refractivity contribution in [1.29, 1.82) is 0 Å². The van der Waals surface area contributed by atoms with Gasteiger partial charge >= 0.3 is 0 Å². The Morgan fingerprint density at radius 2 is 1.82 bits per heavy atom. The van der Waals surface area contributed by atoms with Crippen LogP contribution in [0.4, 0.5) is 0 Å². The van der Waals surface area contributed by atoms with Gasteiger partial charge < -0.3 is 9.88 Å². The lowest BCUT2D eigenvalue weighted by molar-refractivity contribution is -0.121. The molecule has 0 radical (unpaired) electrons. The summed E-state index contributed by atoms with van der Waals surface area (Å²) in [6, 6.07) is 8.34. The van der Waals surface area contributed by atoms with E-state index in [1.54, 1.807) is 12.4 Å². The number of amides is 1. The minimum Gasteiger partial charge on any atom is -0.354 e. The SMILES string of the molecule is CCCCCCC(=O)NCCn1cc(Cc2cncnc2)c(=O)nc1SCc1ccc(C)cc1. The van der Waals surface area contributed by atoms with Gasteiger partial charge in [-0.2, -0.15) is 4.98 Å². The lowest BCUT2D eigenvalue weighted by Crippen LogP contribution is -2.28. The molecule has 34 heavy (non-hydrogen) atoms. The van der Waals surface area contributed by atoms with Crippen molar-refractivity contribution in [2.24, 2.45) is 0 Å². The highest BCUT2D eigenvalue weighted by Gasteiger charge is 2.11. The summed E-state index contributed by atoms with van der Waals surface area (Å²) >= 11 is 1.53. The van der Waals surface area contributed by atoms with Crippen molar-refractivity contribution < 1.29 is 4.79 Å². The molecule has 0 aliphatic rings. The zero-order chi connectivity index (χ0) is 24.2. The van der Waals surface area contributed by atoms with Gasteiger partial charge in [0.25, 0.3) is 5.56 Å². The third-order valence-electron chi connectivity index (χ3n) is 5.46. The molecule has 0 bridgehead atoms. The molecule has 8 heteroatoms. The summed E-state index contributed by atoms with van der Waals surface area (Å²) in [4.78, 5) is 37.4. The Balaban J connectivity index is 1.69. The Bertz CT molecular complexity index is 1100. The van der Waals surface area contributed by atoms with Crippen LogP contribution in [0.2, 0.25) is 0 Å². The van der Waals surface area contributed by atoms with Crippen molar-refractivity contribution in [2.45, 2.75) is 69.8 Å². The molecule has 0 saturated heterocycles. The fourth-order valence-electron chi connectivity index (χ4n) is 3.51. The molecule has 3 rings (SSSR count). The maximum atomic E-state index is 12.8. The average Bonchev–Trinajstić information content (AvgIpc) is 2.84. The minimum absolute atomic E-state index is 0.0700. The van der Waals surface area contributed by atoms with E-state index in [4.69, 9.17) is 0 Å². The number of aromatic nitrogens is 4. The van der Waals surface area contributed by atoms with Crippen LogP contribution in [0.3, 0.4) is 0 Å². The maximum absolute atomic E-state index is 12.8. The highest BCUT2D eigenvalue weighted by Crippen LogP contribution is 2.21. The zero-order valence-corrected chi connectivity index (χ0v) is 20.8. The number of benzene rings is 1. The van der Waals surface area contributed by atoms with Crippen LogP contribution in [-0.2, 0) is 23.5 Å². The van der Waals surface area contributed by atoms with E-state index in [9.17, 15) is 9.59 Å². The number of carbonyl (C=O) groups is 1. The molecule has 0 atom stereocenters. The van der Waals surface area contributed by atoms with Crippen molar-refractivity contribution in [1.82, 2.24) is 24.8 Å². The number of hydrogen-bond donors (Lipinski definition) is 1.